The maximum Gasteiger partial charge on any atom is 0.405 e. The summed E-state index contributed by atoms with van der Waals surface area (Å²) in [5, 5.41) is 7.67. The number of thiophene rings is 1. The van der Waals surface area contributed by atoms with E-state index < -0.39 is 18.1 Å². The van der Waals surface area contributed by atoms with Crippen molar-refractivity contribution in [3.8, 4) is 5.75 Å². The number of benzene rings is 4. The number of nitrogens with zero attached hydrogens (tertiary/aromatic N) is 2. The summed E-state index contributed by atoms with van der Waals surface area (Å²) in [6.45, 7) is 4.73. The quantitative estimate of drug-likeness (QED) is 0.122. The maximum absolute atomic E-state index is 14.0. The van der Waals surface area contributed by atoms with E-state index in [2.05, 4.69) is 17.6 Å². The molecule has 3 heterocycles. The topological polar surface area (TPSA) is 131 Å². The van der Waals surface area contributed by atoms with Gasteiger partial charge in [-0.15, -0.1) is 34.5 Å². The molecule has 0 aliphatic carbocycles. The number of rotatable bonds is 12. The third kappa shape index (κ3) is 7.20. The molecule has 0 saturated heterocycles. The fourth-order valence-electron chi connectivity index (χ4n) is 7.64. The molecular weight excluding hydrogens is 747 g/mol. The number of hydrogen-bond acceptors (Lipinski definition) is 7. The first-order valence-corrected chi connectivity index (χ1v) is 19.8. The summed E-state index contributed by atoms with van der Waals surface area (Å²) in [5.74, 6) is 0.425. The number of fused-ring (bicyclic) bond motifs is 6. The van der Waals surface area contributed by atoms with Gasteiger partial charge in [-0.1, -0.05) is 54.6 Å². The van der Waals surface area contributed by atoms with Gasteiger partial charge in [0.2, 0.25) is 11.8 Å². The van der Waals surface area contributed by atoms with Crippen LogP contribution in [-0.4, -0.2) is 54.8 Å². The molecule has 3 atom stereocenters. The van der Waals surface area contributed by atoms with Crippen molar-refractivity contribution in [2.75, 3.05) is 40.0 Å². The second-order valence-corrected chi connectivity index (χ2v) is 15.2. The van der Waals surface area contributed by atoms with Gasteiger partial charge in [0.25, 0.3) is 5.91 Å². The molecule has 2 aliphatic heterocycles. The Morgan fingerprint density at radius 1 is 0.889 bits per heavy atom. The molecule has 0 radical (unpaired) electrons. The summed E-state index contributed by atoms with van der Waals surface area (Å²) in [6.07, 6.45) is -1.56. The molecule has 0 spiro atoms. The van der Waals surface area contributed by atoms with Crippen molar-refractivity contribution in [1.82, 2.24) is 0 Å². The summed E-state index contributed by atoms with van der Waals surface area (Å²) in [6, 6.07) is 21.3. The van der Waals surface area contributed by atoms with Crippen LogP contribution in [0.4, 0.5) is 21.9 Å². The van der Waals surface area contributed by atoms with E-state index in [9.17, 15) is 19.2 Å². The number of nitrogens with one attached hydrogen (secondary N) is 1. The zero-order chi connectivity index (χ0) is 38.1. The van der Waals surface area contributed by atoms with Gasteiger partial charge in [-0.2, -0.15) is 0 Å². The number of halogens is 2. The van der Waals surface area contributed by atoms with E-state index >= 15 is 0 Å². The lowest BCUT2D eigenvalue weighted by atomic mass is 9.95. The maximum atomic E-state index is 14.0. The molecule has 10 nitrogen and oxygen atoms in total. The van der Waals surface area contributed by atoms with Crippen LogP contribution in [0.5, 0.6) is 5.75 Å². The Hall–Kier alpha value is -4.84. The Morgan fingerprint density at radius 2 is 1.50 bits per heavy atom. The molecule has 1 aromatic heterocycles. The van der Waals surface area contributed by atoms with Gasteiger partial charge in [-0.3, -0.25) is 14.4 Å². The Bertz CT molecular complexity index is 2260. The number of ether oxygens (including phenoxy) is 2. The third-order valence-corrected chi connectivity index (χ3v) is 12.1. The van der Waals surface area contributed by atoms with Crippen LogP contribution in [0, 0.1) is 6.92 Å². The van der Waals surface area contributed by atoms with Crippen LogP contribution in [0.15, 0.2) is 72.1 Å². The second kappa shape index (κ2) is 15.9. The number of primary amides is 1. The standard InChI is InChI=1S/C41H40Cl2N4O6S/c1-23-22-54-39-33(52-21-25-9-4-3-5-10-25)16-32-38(36(23)39)27(18-43)20-47(32)35(49)14-8-13-34(48)46-19-26(17-42)37-29-12-7-6-11-28(29)30(15-31(37)46)45-40(50)24(2)53-41(44)51/h3-7,9-12,15-16,22,24,26-27H,8,13-14,17-21H2,1-2H3,(H2,44,51)(H,45,50)/t24-,26+,27+/m0/s1. The predicted molar refractivity (Wildman–Crippen MR) is 216 cm³/mol. The van der Waals surface area contributed by atoms with Crippen LogP contribution in [0.3, 0.4) is 0 Å². The van der Waals surface area contributed by atoms with Crippen molar-refractivity contribution < 1.29 is 28.7 Å². The van der Waals surface area contributed by atoms with E-state index in [0.717, 1.165) is 54.5 Å². The smallest absolute Gasteiger partial charge is 0.405 e. The van der Waals surface area contributed by atoms with E-state index in [1.165, 1.54) is 6.92 Å². The van der Waals surface area contributed by atoms with Crippen molar-refractivity contribution >= 4 is 96.3 Å². The monoisotopic (exact) mass is 786 g/mol. The molecule has 13 heteroatoms. The number of aryl methyl sites for hydroxylation is 1. The van der Waals surface area contributed by atoms with Gasteiger partial charge < -0.3 is 30.3 Å². The molecule has 5 aromatic rings. The van der Waals surface area contributed by atoms with Crippen LogP contribution in [-0.2, 0) is 25.7 Å². The van der Waals surface area contributed by atoms with Gasteiger partial charge >= 0.3 is 6.09 Å². The molecule has 0 fully saturated rings. The Kier molecular flexibility index (Phi) is 11.0. The van der Waals surface area contributed by atoms with Crippen LogP contribution < -0.4 is 25.6 Å². The van der Waals surface area contributed by atoms with E-state index in [1.54, 1.807) is 27.2 Å². The molecule has 4 aromatic carbocycles. The van der Waals surface area contributed by atoms with Crippen LogP contribution in [0.1, 0.15) is 60.3 Å². The van der Waals surface area contributed by atoms with Gasteiger partial charge in [0.1, 0.15) is 12.4 Å². The molecular formula is C41H40Cl2N4O6S. The Balaban J connectivity index is 1.09. The second-order valence-electron chi connectivity index (χ2n) is 13.7. The molecule has 7 rings (SSSR count). The fraction of sp³-hybridized carbons (Fsp3) is 0.317. The number of anilines is 3. The van der Waals surface area contributed by atoms with Gasteiger partial charge in [0.05, 0.1) is 16.1 Å². The highest BCUT2D eigenvalue weighted by atomic mass is 35.5. The molecule has 4 amide bonds. The molecule has 0 unspecified atom stereocenters. The predicted octanol–water partition coefficient (Wildman–Crippen LogP) is 8.57. The number of alkyl halides is 2. The lowest BCUT2D eigenvalue weighted by molar-refractivity contribution is -0.123. The molecule has 280 valence electrons. The number of carbonyl (C=O) groups is 4. The first kappa shape index (κ1) is 37.5. The zero-order valence-electron chi connectivity index (χ0n) is 29.9. The summed E-state index contributed by atoms with van der Waals surface area (Å²) in [7, 11) is 0. The lowest BCUT2D eigenvalue weighted by Crippen LogP contribution is -2.32. The van der Waals surface area contributed by atoms with Gasteiger partial charge in [-0.25, -0.2) is 4.79 Å². The van der Waals surface area contributed by atoms with Crippen molar-refractivity contribution in [3.63, 3.8) is 0 Å². The average molecular weight is 788 g/mol. The average Bonchev–Trinajstić information content (AvgIpc) is 3.86. The summed E-state index contributed by atoms with van der Waals surface area (Å²) in [4.78, 5) is 55.6. The number of nitrogens with two attached hydrogens (primary N) is 1. The first-order valence-electron chi connectivity index (χ1n) is 17.9. The van der Waals surface area contributed by atoms with Crippen molar-refractivity contribution in [3.05, 3.63) is 94.4 Å². The normalized spacial score (nSPS) is 16.7. The minimum absolute atomic E-state index is 0.0327. The minimum Gasteiger partial charge on any atom is -0.487 e. The lowest BCUT2D eigenvalue weighted by Gasteiger charge is -2.21. The van der Waals surface area contributed by atoms with Crippen molar-refractivity contribution in [2.45, 2.75) is 57.7 Å². The summed E-state index contributed by atoms with van der Waals surface area (Å²) < 4.78 is 12.3. The van der Waals surface area contributed by atoms with Crippen LogP contribution in [0.25, 0.3) is 20.9 Å². The van der Waals surface area contributed by atoms with E-state index in [-0.39, 0.29) is 36.5 Å². The highest BCUT2D eigenvalue weighted by Crippen LogP contribution is 2.49. The Morgan fingerprint density at radius 3 is 2.15 bits per heavy atom. The molecule has 0 saturated carbocycles. The number of amides is 4. The highest BCUT2D eigenvalue weighted by Gasteiger charge is 2.37. The number of carbonyl (C=O) groups excluding carboxylic acids is 4. The van der Waals surface area contributed by atoms with Crippen molar-refractivity contribution in [2.24, 2.45) is 5.73 Å². The summed E-state index contributed by atoms with van der Waals surface area (Å²) >= 11 is 14.6. The SMILES string of the molecule is Cc1csc2c(OCc3ccccc3)cc3c(c12)[C@H](CCl)CN3C(=O)CCCC(=O)N1C[C@@H](CCl)c2c1cc(NC(=O)[C@H](C)OC(N)=O)c1ccccc21. The van der Waals surface area contributed by atoms with E-state index in [1.807, 2.05) is 60.7 Å². The Labute approximate surface area is 327 Å². The minimum atomic E-state index is -1.13. The first-order chi connectivity index (χ1) is 26.1. The van der Waals surface area contributed by atoms with Gasteiger partial charge in [0.15, 0.2) is 6.10 Å². The van der Waals surface area contributed by atoms with Gasteiger partial charge in [-0.05, 0) is 59.4 Å². The van der Waals surface area contributed by atoms with Crippen LogP contribution >= 0.6 is 34.5 Å². The van der Waals surface area contributed by atoms with Crippen molar-refractivity contribution in [1.29, 1.82) is 0 Å². The largest absolute Gasteiger partial charge is 0.487 e. The van der Waals surface area contributed by atoms with Gasteiger partial charge in [0, 0.05) is 72.1 Å². The summed E-state index contributed by atoms with van der Waals surface area (Å²) in [5.41, 5.74) is 11.2. The third-order valence-electron chi connectivity index (χ3n) is 10.2. The van der Waals surface area contributed by atoms with Crippen LogP contribution in [0.2, 0.25) is 0 Å². The molecule has 2 aliphatic rings. The molecule has 54 heavy (non-hydrogen) atoms. The molecule has 3 N–H and O–H groups in total. The fourth-order valence-corrected chi connectivity index (χ4v) is 9.18. The molecule has 0 bridgehead atoms. The number of hydrogen-bond donors (Lipinski definition) is 2. The highest BCUT2D eigenvalue weighted by molar-refractivity contribution is 7.17. The van der Waals surface area contributed by atoms with E-state index in [4.69, 9.17) is 38.4 Å². The zero-order valence-corrected chi connectivity index (χ0v) is 32.2. The van der Waals surface area contributed by atoms with E-state index in [0.29, 0.717) is 49.3 Å².